The minimum Gasteiger partial charge on any atom is -0.633 e. The van der Waals surface area contributed by atoms with Gasteiger partial charge in [0, 0.05) is 25.9 Å². The van der Waals surface area contributed by atoms with Crippen molar-refractivity contribution in [2.24, 2.45) is 0 Å². The zero-order valence-electron chi connectivity index (χ0n) is 13.0. The van der Waals surface area contributed by atoms with E-state index in [1.54, 1.807) is 0 Å². The van der Waals surface area contributed by atoms with Crippen LogP contribution < -0.4 is 5.32 Å². The van der Waals surface area contributed by atoms with Crippen LogP contribution in [0, 0.1) is 5.21 Å². The highest BCUT2D eigenvalue weighted by molar-refractivity contribution is 4.98. The lowest BCUT2D eigenvalue weighted by atomic mass is 9.94. The van der Waals surface area contributed by atoms with Crippen molar-refractivity contribution < 1.29 is 44.2 Å². The van der Waals surface area contributed by atoms with Crippen LogP contribution in [-0.4, -0.2) is 62.3 Å². The summed E-state index contributed by atoms with van der Waals surface area (Å²) < 4.78 is 113. The molecular formula is C12H19F9N2O. The molecule has 1 N–H and O–H groups in total. The highest BCUT2D eigenvalue weighted by Crippen LogP contribution is 2.51. The van der Waals surface area contributed by atoms with Crippen LogP contribution in [0.15, 0.2) is 0 Å². The Labute approximate surface area is 133 Å². The summed E-state index contributed by atoms with van der Waals surface area (Å²) in [5, 5.41) is 13.5. The van der Waals surface area contributed by atoms with Crippen molar-refractivity contribution in [1.82, 2.24) is 5.32 Å². The first-order chi connectivity index (χ1) is 10.4. The smallest absolute Gasteiger partial charge is 0.431 e. The minimum atomic E-state index is -6.50. The lowest BCUT2D eigenvalue weighted by molar-refractivity contribution is -0.840. The van der Waals surface area contributed by atoms with Gasteiger partial charge in [0.05, 0.1) is 27.1 Å². The number of nitrogens with one attached hydrogen (secondary N) is 1. The predicted octanol–water partition coefficient (Wildman–Crippen LogP) is 3.79. The maximum atomic E-state index is 13.3. The van der Waals surface area contributed by atoms with Gasteiger partial charge in [-0.2, -0.15) is 26.3 Å². The first-order valence-corrected chi connectivity index (χ1v) is 6.86. The quantitative estimate of drug-likeness (QED) is 0.287. The van der Waals surface area contributed by atoms with Gasteiger partial charge in [0.1, 0.15) is 0 Å². The molecule has 0 aromatic heterocycles. The summed E-state index contributed by atoms with van der Waals surface area (Å²) in [4.78, 5) is 0. The van der Waals surface area contributed by atoms with Gasteiger partial charge >= 0.3 is 18.0 Å². The molecule has 0 heterocycles. The molecule has 12 heteroatoms. The van der Waals surface area contributed by atoms with Crippen molar-refractivity contribution in [3.63, 3.8) is 0 Å². The van der Waals surface area contributed by atoms with Crippen LogP contribution in [0.25, 0.3) is 0 Å². The van der Waals surface area contributed by atoms with E-state index in [1.165, 1.54) is 14.1 Å². The second-order valence-electron chi connectivity index (χ2n) is 5.98. The van der Waals surface area contributed by atoms with Crippen molar-refractivity contribution in [2.75, 3.05) is 33.7 Å². The summed E-state index contributed by atoms with van der Waals surface area (Å²) in [6.07, 6.45) is -17.2. The van der Waals surface area contributed by atoms with E-state index in [0.29, 0.717) is 0 Å². The van der Waals surface area contributed by atoms with E-state index >= 15 is 0 Å². The summed E-state index contributed by atoms with van der Waals surface area (Å²) in [7, 11) is 2.67. The fraction of sp³-hybridized carbons (Fsp3) is 1.00. The molecule has 0 aromatic rings. The van der Waals surface area contributed by atoms with Gasteiger partial charge in [0.25, 0.3) is 5.92 Å². The van der Waals surface area contributed by atoms with E-state index in [0.717, 1.165) is 0 Å². The van der Waals surface area contributed by atoms with Crippen molar-refractivity contribution >= 4 is 0 Å². The Bertz CT molecular complexity index is 373. The Kier molecular flexibility index (Phi) is 7.41. The van der Waals surface area contributed by atoms with Crippen molar-refractivity contribution in [3.05, 3.63) is 5.21 Å². The van der Waals surface area contributed by atoms with Gasteiger partial charge in [-0.3, -0.25) is 0 Å². The number of hydrogen-bond acceptors (Lipinski definition) is 2. The van der Waals surface area contributed by atoms with E-state index < -0.39 is 48.0 Å². The number of hydroxylamine groups is 3. The molecule has 0 aromatic carbocycles. The maximum absolute atomic E-state index is 13.3. The van der Waals surface area contributed by atoms with Gasteiger partial charge in [-0.25, -0.2) is 13.2 Å². The van der Waals surface area contributed by atoms with Crippen molar-refractivity contribution in [1.29, 1.82) is 0 Å². The molecule has 0 unspecified atom stereocenters. The Morgan fingerprint density at radius 2 is 1.29 bits per heavy atom. The molecule has 0 bridgehead atoms. The summed E-state index contributed by atoms with van der Waals surface area (Å²) in [6, 6.07) is 0. The van der Waals surface area contributed by atoms with E-state index in [1.807, 2.05) is 0 Å². The standard InChI is InChI=1S/C12H19F9N2O/c1-23(2,24)7-3-5-22-6-4-9(13,14)8-10(15,11(16,17)18)12(19,20)21/h22H,3-8H2,1-2H3. The van der Waals surface area contributed by atoms with E-state index in [-0.39, 0.29) is 19.5 Å². The first kappa shape index (κ1) is 23.2. The topological polar surface area (TPSA) is 35.1 Å². The van der Waals surface area contributed by atoms with Gasteiger partial charge in [-0.05, 0) is 0 Å². The third kappa shape index (κ3) is 7.43. The van der Waals surface area contributed by atoms with Crippen molar-refractivity contribution in [3.8, 4) is 0 Å². The van der Waals surface area contributed by atoms with Gasteiger partial charge in [-0.15, -0.1) is 0 Å². The monoisotopic (exact) mass is 378 g/mol. The van der Waals surface area contributed by atoms with Gasteiger partial charge in [0.15, 0.2) is 0 Å². The average molecular weight is 378 g/mol. The molecule has 0 radical (unpaired) electrons. The molecule has 0 atom stereocenters. The van der Waals surface area contributed by atoms with Crippen LogP contribution in [0.3, 0.4) is 0 Å². The Morgan fingerprint density at radius 1 is 0.833 bits per heavy atom. The normalized spacial score (nSPS) is 15.0. The summed E-state index contributed by atoms with van der Waals surface area (Å²) in [6.45, 7) is -0.413. The molecule has 0 rings (SSSR count). The number of nitrogens with zero attached hydrogens (tertiary/aromatic N) is 1. The Balaban J connectivity index is 4.56. The molecule has 3 nitrogen and oxygen atoms in total. The largest absolute Gasteiger partial charge is 0.633 e. The van der Waals surface area contributed by atoms with Gasteiger partial charge in [0.2, 0.25) is 0 Å². The van der Waals surface area contributed by atoms with E-state index in [9.17, 15) is 44.7 Å². The zero-order valence-corrected chi connectivity index (χ0v) is 13.0. The molecule has 0 spiro atoms. The van der Waals surface area contributed by atoms with Crippen LogP contribution in [0.5, 0.6) is 0 Å². The minimum absolute atomic E-state index is 0.0688. The molecular weight excluding hydrogens is 359 g/mol. The van der Waals surface area contributed by atoms with Crippen LogP contribution in [0.1, 0.15) is 19.3 Å². The number of halogens is 9. The summed E-state index contributed by atoms with van der Waals surface area (Å²) in [5.74, 6) is -4.51. The fourth-order valence-corrected chi connectivity index (χ4v) is 1.79. The fourth-order valence-electron chi connectivity index (χ4n) is 1.79. The third-order valence-electron chi connectivity index (χ3n) is 3.12. The van der Waals surface area contributed by atoms with Crippen molar-refractivity contribution in [2.45, 2.75) is 43.2 Å². The second-order valence-corrected chi connectivity index (χ2v) is 5.98. The predicted molar refractivity (Wildman–Crippen MR) is 68.0 cm³/mol. The molecule has 24 heavy (non-hydrogen) atoms. The molecule has 0 aliphatic carbocycles. The zero-order chi connectivity index (χ0) is 19.4. The third-order valence-corrected chi connectivity index (χ3v) is 3.12. The van der Waals surface area contributed by atoms with E-state index in [2.05, 4.69) is 5.32 Å². The molecule has 0 amide bonds. The molecule has 0 saturated carbocycles. The molecule has 0 aliphatic rings. The SMILES string of the molecule is C[N+](C)([O-])CCCNCCC(F)(F)CC(F)(C(F)(F)F)C(F)(F)F. The average Bonchev–Trinajstić information content (AvgIpc) is 2.28. The summed E-state index contributed by atoms with van der Waals surface area (Å²) in [5.41, 5.74) is -5.98. The number of rotatable bonds is 9. The first-order valence-electron chi connectivity index (χ1n) is 6.86. The van der Waals surface area contributed by atoms with Gasteiger partial charge in [-0.1, -0.05) is 0 Å². The maximum Gasteiger partial charge on any atom is 0.431 e. The Hall–Kier alpha value is -0.750. The number of quaternary nitrogens is 1. The summed E-state index contributed by atoms with van der Waals surface area (Å²) >= 11 is 0. The van der Waals surface area contributed by atoms with Crippen LogP contribution in [0.2, 0.25) is 0 Å². The molecule has 146 valence electrons. The number of hydrogen-bond donors (Lipinski definition) is 1. The van der Waals surface area contributed by atoms with Crippen LogP contribution >= 0.6 is 0 Å². The Morgan fingerprint density at radius 3 is 1.67 bits per heavy atom. The second kappa shape index (κ2) is 7.65. The molecule has 0 saturated heterocycles. The highest BCUT2D eigenvalue weighted by atomic mass is 19.4. The van der Waals surface area contributed by atoms with Crippen LogP contribution in [0.4, 0.5) is 39.5 Å². The highest BCUT2D eigenvalue weighted by Gasteiger charge is 2.74. The molecule has 0 fully saturated rings. The lowest BCUT2D eigenvalue weighted by Crippen LogP contribution is -2.56. The van der Waals surface area contributed by atoms with E-state index in [4.69, 9.17) is 0 Å². The molecule has 0 aliphatic heterocycles. The van der Waals surface area contributed by atoms with Crippen LogP contribution in [-0.2, 0) is 0 Å². The van der Waals surface area contributed by atoms with Gasteiger partial charge < -0.3 is 15.2 Å². The number of alkyl halides is 9. The lowest BCUT2D eigenvalue weighted by Gasteiger charge is -2.33.